The highest BCUT2D eigenvalue weighted by atomic mass is 16.5. The second-order valence-corrected chi connectivity index (χ2v) is 5.51. The first-order valence-electron chi connectivity index (χ1n) is 8.49. The van der Waals surface area contributed by atoms with Gasteiger partial charge >= 0.3 is 5.97 Å². The van der Waals surface area contributed by atoms with E-state index in [1.54, 1.807) is 30.3 Å². The number of hydrogen-bond acceptors (Lipinski definition) is 6. The summed E-state index contributed by atoms with van der Waals surface area (Å²) in [5.41, 5.74) is 1.16. The lowest BCUT2D eigenvalue weighted by Gasteiger charge is -2.11. The number of para-hydroxylation sites is 2. The number of esters is 1. The third-order valence-electron chi connectivity index (χ3n) is 3.44. The Labute approximate surface area is 162 Å². The second kappa shape index (κ2) is 10.3. The zero-order chi connectivity index (χ0) is 20.4. The van der Waals surface area contributed by atoms with E-state index in [2.05, 4.69) is 10.6 Å². The molecule has 0 unspecified atom stereocenters. The molecule has 28 heavy (non-hydrogen) atoms. The quantitative estimate of drug-likeness (QED) is 0.679. The average molecular weight is 381 g/mol. The summed E-state index contributed by atoms with van der Waals surface area (Å²) in [6, 6.07) is 14.6. The maximum atomic E-state index is 12.0. The number of amides is 2. The van der Waals surface area contributed by atoms with E-state index >= 15 is 0 Å². The fourth-order valence-electron chi connectivity index (χ4n) is 2.22. The largest absolute Gasteiger partial charge is 0.492 e. The molecule has 2 aromatic rings. The second-order valence-electron chi connectivity index (χ2n) is 5.51. The van der Waals surface area contributed by atoms with Gasteiger partial charge in [-0.25, -0.2) is 4.79 Å². The summed E-state index contributed by atoms with van der Waals surface area (Å²) in [5.74, 6) is -1.09. The highest BCUT2D eigenvalue weighted by Gasteiger charge is 2.12. The van der Waals surface area contributed by atoms with Crippen LogP contribution in [0.5, 0.6) is 5.75 Å². The maximum Gasteiger partial charge on any atom is 0.338 e. The lowest BCUT2D eigenvalue weighted by atomic mass is 10.2. The lowest BCUT2D eigenvalue weighted by Crippen LogP contribution is -2.21. The number of hydrogen-bond donors (Lipinski definition) is 2. The zero-order valence-corrected chi connectivity index (χ0v) is 15.2. The minimum atomic E-state index is -0.678. The molecule has 0 heterocycles. The van der Waals surface area contributed by atoms with Gasteiger partial charge < -0.3 is 20.1 Å². The van der Waals surface area contributed by atoms with Crippen LogP contribution >= 0.6 is 0 Å². The maximum absolute atomic E-state index is 12.0. The van der Waals surface area contributed by atoms with Gasteiger partial charge in [0, 0.05) is 5.69 Å². The van der Waals surface area contributed by atoms with E-state index < -0.39 is 24.4 Å². The Balaban J connectivity index is 1.87. The van der Waals surface area contributed by atoms with Crippen molar-refractivity contribution in [1.82, 2.24) is 0 Å². The van der Waals surface area contributed by atoms with Gasteiger partial charge in [0.25, 0.3) is 5.91 Å². The van der Waals surface area contributed by atoms with Gasteiger partial charge in [-0.3, -0.25) is 9.59 Å². The fourth-order valence-corrected chi connectivity index (χ4v) is 2.22. The summed E-state index contributed by atoms with van der Waals surface area (Å²) in [6.07, 6.45) is -0.259. The predicted octanol–water partition coefficient (Wildman–Crippen LogP) is 2.73. The highest BCUT2D eigenvalue weighted by molar-refractivity contribution is 5.97. The van der Waals surface area contributed by atoms with Crippen LogP contribution in [-0.4, -0.2) is 31.0 Å². The van der Waals surface area contributed by atoms with E-state index in [4.69, 9.17) is 14.7 Å². The van der Waals surface area contributed by atoms with Crippen LogP contribution in [0.25, 0.3) is 0 Å². The van der Waals surface area contributed by atoms with Crippen LogP contribution in [0.1, 0.15) is 23.7 Å². The first kappa shape index (κ1) is 20.5. The van der Waals surface area contributed by atoms with Gasteiger partial charge in [-0.1, -0.05) is 12.1 Å². The van der Waals surface area contributed by atoms with E-state index in [1.807, 2.05) is 6.92 Å². The molecule has 0 fully saturated rings. The molecule has 144 valence electrons. The Morgan fingerprint density at radius 1 is 1.00 bits per heavy atom. The molecule has 0 aliphatic heterocycles. The molecule has 0 saturated carbocycles. The summed E-state index contributed by atoms with van der Waals surface area (Å²) >= 11 is 0. The third kappa shape index (κ3) is 6.14. The van der Waals surface area contributed by atoms with E-state index in [0.29, 0.717) is 23.7 Å². The van der Waals surface area contributed by atoms with Crippen LogP contribution in [0.15, 0.2) is 48.5 Å². The molecule has 0 radical (unpaired) electrons. The number of anilines is 2. The van der Waals surface area contributed by atoms with Crippen molar-refractivity contribution in [1.29, 1.82) is 5.26 Å². The smallest absolute Gasteiger partial charge is 0.338 e. The number of ether oxygens (including phenoxy) is 2. The first-order valence-corrected chi connectivity index (χ1v) is 8.49. The van der Waals surface area contributed by atoms with Crippen molar-refractivity contribution in [3.63, 3.8) is 0 Å². The molecule has 2 aromatic carbocycles. The van der Waals surface area contributed by atoms with E-state index in [0.717, 1.165) is 0 Å². The molecule has 0 saturated heterocycles. The number of carbonyl (C=O) groups is 3. The van der Waals surface area contributed by atoms with Gasteiger partial charge in [0.15, 0.2) is 6.61 Å². The van der Waals surface area contributed by atoms with Crippen molar-refractivity contribution >= 4 is 29.2 Å². The Hall–Kier alpha value is -3.86. The third-order valence-corrected chi connectivity index (χ3v) is 3.44. The Morgan fingerprint density at radius 2 is 1.71 bits per heavy atom. The summed E-state index contributed by atoms with van der Waals surface area (Å²) in [5, 5.41) is 13.6. The van der Waals surface area contributed by atoms with Crippen LogP contribution in [0, 0.1) is 11.3 Å². The van der Waals surface area contributed by atoms with Gasteiger partial charge in [0.05, 0.1) is 23.9 Å². The number of benzene rings is 2. The topological polar surface area (TPSA) is 118 Å². The monoisotopic (exact) mass is 381 g/mol. The lowest BCUT2D eigenvalue weighted by molar-refractivity contribution is -0.119. The number of nitrogens with one attached hydrogen (secondary N) is 2. The van der Waals surface area contributed by atoms with E-state index in [9.17, 15) is 14.4 Å². The summed E-state index contributed by atoms with van der Waals surface area (Å²) in [4.78, 5) is 35.4. The molecule has 0 bridgehead atoms. The zero-order valence-electron chi connectivity index (χ0n) is 15.2. The minimum Gasteiger partial charge on any atom is -0.492 e. The Bertz CT molecular complexity index is 887. The van der Waals surface area contributed by atoms with E-state index in [-0.39, 0.29) is 12.0 Å². The summed E-state index contributed by atoms with van der Waals surface area (Å²) in [7, 11) is 0. The van der Waals surface area contributed by atoms with Gasteiger partial charge in [-0.05, 0) is 43.3 Å². The Morgan fingerprint density at radius 3 is 2.39 bits per heavy atom. The highest BCUT2D eigenvalue weighted by Crippen LogP contribution is 2.23. The van der Waals surface area contributed by atoms with Crippen LogP contribution in [-0.2, 0) is 14.3 Å². The number of rotatable bonds is 8. The molecule has 8 heteroatoms. The first-order chi connectivity index (χ1) is 13.5. The molecule has 0 aliphatic carbocycles. The van der Waals surface area contributed by atoms with Gasteiger partial charge in [-0.2, -0.15) is 5.26 Å². The molecule has 2 amide bonds. The number of carbonyl (C=O) groups excluding carboxylic acids is 3. The van der Waals surface area contributed by atoms with Crippen LogP contribution in [0.2, 0.25) is 0 Å². The van der Waals surface area contributed by atoms with Gasteiger partial charge in [0.1, 0.15) is 12.2 Å². The molecule has 2 rings (SSSR count). The summed E-state index contributed by atoms with van der Waals surface area (Å²) in [6.45, 7) is 1.83. The molecule has 0 spiro atoms. The van der Waals surface area contributed by atoms with Crippen molar-refractivity contribution in [2.45, 2.75) is 13.3 Å². The molecule has 2 N–H and O–H groups in total. The minimum absolute atomic E-state index is 0.223. The molecular formula is C20H19N3O5. The van der Waals surface area contributed by atoms with Crippen molar-refractivity contribution < 1.29 is 23.9 Å². The van der Waals surface area contributed by atoms with Crippen molar-refractivity contribution in [2.75, 3.05) is 23.8 Å². The molecule has 0 aliphatic rings. The average Bonchev–Trinajstić information content (AvgIpc) is 2.68. The van der Waals surface area contributed by atoms with Crippen LogP contribution < -0.4 is 15.4 Å². The molecule has 0 atom stereocenters. The summed E-state index contributed by atoms with van der Waals surface area (Å²) < 4.78 is 10.4. The van der Waals surface area contributed by atoms with Gasteiger partial charge in [-0.15, -0.1) is 0 Å². The van der Waals surface area contributed by atoms with Crippen molar-refractivity contribution in [3.8, 4) is 11.8 Å². The fraction of sp³-hybridized carbons (Fsp3) is 0.200. The Kier molecular flexibility index (Phi) is 7.54. The molecule has 8 nitrogen and oxygen atoms in total. The standard InChI is InChI=1S/C20H19N3O5/c1-2-27-17-6-4-3-5-16(17)23-19(25)13-28-20(26)14-7-9-15(10-8-14)22-18(24)11-12-21/h3-10H,2,11,13H2,1H3,(H,22,24)(H,23,25). The number of nitriles is 1. The van der Waals surface area contributed by atoms with Crippen molar-refractivity contribution in [2.24, 2.45) is 0 Å². The molecule has 0 aromatic heterocycles. The van der Waals surface area contributed by atoms with Gasteiger partial charge in [0.2, 0.25) is 5.91 Å². The van der Waals surface area contributed by atoms with Crippen LogP contribution in [0.4, 0.5) is 11.4 Å². The normalized spacial score (nSPS) is 9.71. The predicted molar refractivity (Wildman–Crippen MR) is 102 cm³/mol. The van der Waals surface area contributed by atoms with E-state index in [1.165, 1.54) is 24.3 Å². The van der Waals surface area contributed by atoms with Crippen molar-refractivity contribution in [3.05, 3.63) is 54.1 Å². The van der Waals surface area contributed by atoms with Crippen LogP contribution in [0.3, 0.4) is 0 Å². The number of nitrogens with zero attached hydrogens (tertiary/aromatic N) is 1. The molecular weight excluding hydrogens is 362 g/mol. The SMILES string of the molecule is CCOc1ccccc1NC(=O)COC(=O)c1ccc(NC(=O)CC#N)cc1.